The van der Waals surface area contributed by atoms with Crippen LogP contribution in [0.5, 0.6) is 5.75 Å². The number of anilines is 3. The molecule has 1 saturated heterocycles. The van der Waals surface area contributed by atoms with E-state index in [1.165, 1.54) is 6.07 Å². The fourth-order valence-electron chi connectivity index (χ4n) is 3.87. The molecular weight excluding hydrogens is 406 g/mol. The maximum absolute atomic E-state index is 12.4. The minimum atomic E-state index is -1.02. The van der Waals surface area contributed by atoms with Gasteiger partial charge in [-0.15, -0.1) is 0 Å². The normalized spacial score (nSPS) is 13.5. The van der Waals surface area contributed by atoms with E-state index in [4.69, 9.17) is 4.74 Å². The van der Waals surface area contributed by atoms with Crippen molar-refractivity contribution in [2.75, 3.05) is 48.4 Å². The molecule has 32 heavy (non-hydrogen) atoms. The summed E-state index contributed by atoms with van der Waals surface area (Å²) in [5, 5.41) is 12.6. The molecule has 1 aliphatic heterocycles. The number of nitrogens with one attached hydrogen (secondary N) is 1. The Hall–Kier alpha value is -4.00. The van der Waals surface area contributed by atoms with Crippen LogP contribution in [0.15, 0.2) is 72.8 Å². The molecule has 4 rings (SSSR count). The van der Waals surface area contributed by atoms with Crippen molar-refractivity contribution in [3.8, 4) is 5.75 Å². The smallest absolute Gasteiger partial charge is 0.337 e. The number of benzene rings is 3. The second-order valence-corrected chi connectivity index (χ2v) is 7.53. The largest absolute Gasteiger partial charge is 0.497 e. The van der Waals surface area contributed by atoms with E-state index in [9.17, 15) is 14.7 Å². The van der Waals surface area contributed by atoms with Crippen molar-refractivity contribution in [2.24, 2.45) is 0 Å². The van der Waals surface area contributed by atoms with Crippen molar-refractivity contribution < 1.29 is 19.4 Å². The number of piperazine rings is 1. The van der Waals surface area contributed by atoms with Gasteiger partial charge in [-0.05, 0) is 42.5 Å². The van der Waals surface area contributed by atoms with Gasteiger partial charge in [-0.3, -0.25) is 4.79 Å². The molecule has 0 atom stereocenters. The predicted molar refractivity (Wildman–Crippen MR) is 125 cm³/mol. The highest BCUT2D eigenvalue weighted by molar-refractivity contribution is 6.05. The number of hydrogen-bond acceptors (Lipinski definition) is 5. The molecule has 0 saturated carbocycles. The first kappa shape index (κ1) is 21.2. The minimum absolute atomic E-state index is 0.172. The maximum atomic E-state index is 12.4. The van der Waals surface area contributed by atoms with Crippen LogP contribution in [0.3, 0.4) is 0 Å². The summed E-state index contributed by atoms with van der Waals surface area (Å²) in [5.74, 6) is -0.487. The van der Waals surface area contributed by atoms with Crippen molar-refractivity contribution in [3.63, 3.8) is 0 Å². The maximum Gasteiger partial charge on any atom is 0.337 e. The minimum Gasteiger partial charge on any atom is -0.497 e. The summed E-state index contributed by atoms with van der Waals surface area (Å²) in [6.45, 7) is 2.90. The third-order valence-corrected chi connectivity index (χ3v) is 5.56. The molecular formula is C25H25N3O4. The number of ether oxygens (including phenoxy) is 1. The van der Waals surface area contributed by atoms with Gasteiger partial charge in [-0.25, -0.2) is 4.79 Å². The van der Waals surface area contributed by atoms with Gasteiger partial charge < -0.3 is 25.0 Å². The second kappa shape index (κ2) is 9.43. The fourth-order valence-corrected chi connectivity index (χ4v) is 3.87. The van der Waals surface area contributed by atoms with Gasteiger partial charge in [0, 0.05) is 49.2 Å². The summed E-state index contributed by atoms with van der Waals surface area (Å²) in [6, 6.07) is 21.8. The number of carbonyl (C=O) groups excluding carboxylic acids is 1. The highest BCUT2D eigenvalue weighted by Crippen LogP contribution is 2.28. The summed E-state index contributed by atoms with van der Waals surface area (Å²) < 4.78 is 5.31. The van der Waals surface area contributed by atoms with Gasteiger partial charge in [-0.1, -0.05) is 24.3 Å². The van der Waals surface area contributed by atoms with E-state index in [-0.39, 0.29) is 11.5 Å². The zero-order valence-electron chi connectivity index (χ0n) is 17.8. The van der Waals surface area contributed by atoms with Crippen LogP contribution in [0.1, 0.15) is 20.7 Å². The first-order chi connectivity index (χ1) is 15.5. The number of carboxylic acids is 1. The predicted octanol–water partition coefficient (Wildman–Crippen LogP) is 3.97. The molecule has 1 heterocycles. The third kappa shape index (κ3) is 4.67. The molecule has 164 valence electrons. The van der Waals surface area contributed by atoms with Crippen molar-refractivity contribution in [2.45, 2.75) is 0 Å². The summed E-state index contributed by atoms with van der Waals surface area (Å²) in [6.07, 6.45) is 0. The van der Waals surface area contributed by atoms with Crippen molar-refractivity contribution in [1.29, 1.82) is 0 Å². The van der Waals surface area contributed by atoms with Crippen molar-refractivity contribution in [1.82, 2.24) is 0 Å². The van der Waals surface area contributed by atoms with Gasteiger partial charge in [0.2, 0.25) is 0 Å². The molecule has 0 aromatic heterocycles. The zero-order chi connectivity index (χ0) is 22.5. The molecule has 0 bridgehead atoms. The number of rotatable bonds is 6. The Balaban J connectivity index is 1.48. The monoisotopic (exact) mass is 431 g/mol. The van der Waals surface area contributed by atoms with Crippen LogP contribution in [-0.2, 0) is 0 Å². The van der Waals surface area contributed by atoms with Crippen LogP contribution in [-0.4, -0.2) is 50.3 Å². The lowest BCUT2D eigenvalue weighted by Gasteiger charge is -2.38. The van der Waals surface area contributed by atoms with Gasteiger partial charge >= 0.3 is 5.97 Å². The number of carboxylic acid groups (broad SMARTS) is 1. The number of hydrogen-bond donors (Lipinski definition) is 2. The van der Waals surface area contributed by atoms with Gasteiger partial charge in [0.1, 0.15) is 5.75 Å². The van der Waals surface area contributed by atoms with Gasteiger partial charge in [0.15, 0.2) is 0 Å². The lowest BCUT2D eigenvalue weighted by Crippen LogP contribution is -2.47. The van der Waals surface area contributed by atoms with Crippen LogP contribution >= 0.6 is 0 Å². The molecule has 0 aliphatic carbocycles. The highest BCUT2D eigenvalue weighted by Gasteiger charge is 2.22. The molecule has 3 aromatic carbocycles. The first-order valence-corrected chi connectivity index (χ1v) is 10.4. The molecule has 1 fully saturated rings. The van der Waals surface area contributed by atoms with E-state index >= 15 is 0 Å². The number of methoxy groups -OCH3 is 1. The molecule has 7 heteroatoms. The van der Waals surface area contributed by atoms with E-state index in [1.807, 2.05) is 30.3 Å². The first-order valence-electron chi connectivity index (χ1n) is 10.4. The molecule has 2 N–H and O–H groups in total. The Morgan fingerprint density at radius 1 is 0.875 bits per heavy atom. The van der Waals surface area contributed by atoms with Crippen LogP contribution in [0.25, 0.3) is 0 Å². The van der Waals surface area contributed by atoms with Crippen molar-refractivity contribution in [3.05, 3.63) is 83.9 Å². The topological polar surface area (TPSA) is 82.1 Å². The Morgan fingerprint density at radius 2 is 1.59 bits per heavy atom. The molecule has 1 amide bonds. The Bertz CT molecular complexity index is 1110. The van der Waals surface area contributed by atoms with Crippen LogP contribution in [0.4, 0.5) is 17.1 Å². The third-order valence-electron chi connectivity index (χ3n) is 5.56. The van der Waals surface area contributed by atoms with E-state index in [0.717, 1.165) is 24.5 Å². The Labute approximate surface area is 186 Å². The summed E-state index contributed by atoms with van der Waals surface area (Å²) in [5.41, 5.74) is 2.88. The van der Waals surface area contributed by atoms with Gasteiger partial charge in [0.05, 0.1) is 18.4 Å². The Morgan fingerprint density at radius 3 is 2.28 bits per heavy atom. The van der Waals surface area contributed by atoms with E-state index < -0.39 is 5.97 Å². The highest BCUT2D eigenvalue weighted by atomic mass is 16.5. The average Bonchev–Trinajstić information content (AvgIpc) is 2.84. The summed E-state index contributed by atoms with van der Waals surface area (Å²) >= 11 is 0. The molecule has 0 unspecified atom stereocenters. The SMILES string of the molecule is COc1cccc(N2CCN(c3ccc(NC(=O)c4ccccc4)cc3C(=O)O)CC2)c1. The number of amides is 1. The quantitative estimate of drug-likeness (QED) is 0.615. The lowest BCUT2D eigenvalue weighted by molar-refractivity contribution is 0.0697. The molecule has 3 aromatic rings. The van der Waals surface area contributed by atoms with Gasteiger partial charge in [0.25, 0.3) is 5.91 Å². The fraction of sp³-hybridized carbons (Fsp3) is 0.200. The lowest BCUT2D eigenvalue weighted by atomic mass is 10.1. The van der Waals surface area contributed by atoms with Crippen molar-refractivity contribution >= 4 is 28.9 Å². The average molecular weight is 431 g/mol. The molecule has 0 radical (unpaired) electrons. The van der Waals surface area contributed by atoms with Crippen LogP contribution in [0.2, 0.25) is 0 Å². The standard InChI is InChI=1S/C25H25N3O4/c1-32-21-9-5-8-20(17-21)27-12-14-28(15-13-27)23-11-10-19(16-22(23)25(30)31)26-24(29)18-6-3-2-4-7-18/h2-11,16-17H,12-15H2,1H3,(H,26,29)(H,30,31). The van der Waals surface area contributed by atoms with E-state index in [0.29, 0.717) is 30.0 Å². The van der Waals surface area contributed by atoms with Crippen LogP contribution in [0, 0.1) is 0 Å². The Kier molecular flexibility index (Phi) is 6.26. The van der Waals surface area contributed by atoms with E-state index in [1.54, 1.807) is 43.5 Å². The van der Waals surface area contributed by atoms with E-state index in [2.05, 4.69) is 15.1 Å². The molecule has 0 spiro atoms. The van der Waals surface area contributed by atoms with Crippen LogP contribution < -0.4 is 19.9 Å². The summed E-state index contributed by atoms with van der Waals surface area (Å²) in [7, 11) is 1.65. The van der Waals surface area contributed by atoms with Gasteiger partial charge in [-0.2, -0.15) is 0 Å². The summed E-state index contributed by atoms with van der Waals surface area (Å²) in [4.78, 5) is 28.7. The zero-order valence-corrected chi connectivity index (χ0v) is 17.8. The molecule has 7 nitrogen and oxygen atoms in total. The second-order valence-electron chi connectivity index (χ2n) is 7.53. The molecule has 1 aliphatic rings. The number of nitrogens with zero attached hydrogens (tertiary/aromatic N) is 2. The number of aromatic carboxylic acids is 1. The number of carbonyl (C=O) groups is 2.